The van der Waals surface area contributed by atoms with Crippen LogP contribution in [0.1, 0.15) is 34.5 Å². The molecule has 2 aromatic heterocycles. The average molecular weight is 435 g/mol. The van der Waals surface area contributed by atoms with Gasteiger partial charge in [-0.3, -0.25) is 4.79 Å². The minimum Gasteiger partial charge on any atom is -0.345 e. The van der Waals surface area contributed by atoms with Crippen LogP contribution in [-0.2, 0) is 13.1 Å². The lowest BCUT2D eigenvalue weighted by Gasteiger charge is -2.08. The molecule has 0 aliphatic heterocycles. The number of fused-ring (bicyclic) bond motifs is 1. The Morgan fingerprint density at radius 1 is 0.909 bits per heavy atom. The lowest BCUT2D eigenvalue weighted by atomic mass is 10.0. The second-order valence-corrected chi connectivity index (χ2v) is 8.39. The molecular weight excluding hydrogens is 408 g/mol. The number of aryl methyl sites for hydroxylation is 2. The molecular formula is C28H26N4O. The summed E-state index contributed by atoms with van der Waals surface area (Å²) in [5.74, 6) is 0.170. The summed E-state index contributed by atoms with van der Waals surface area (Å²) in [5.41, 5.74) is 6.14. The van der Waals surface area contributed by atoms with E-state index < -0.39 is 0 Å². The molecule has 0 saturated heterocycles. The van der Waals surface area contributed by atoms with Crippen LogP contribution in [0.25, 0.3) is 22.2 Å². The van der Waals surface area contributed by atoms with Gasteiger partial charge >= 0.3 is 0 Å². The van der Waals surface area contributed by atoms with Crippen LogP contribution >= 0.6 is 0 Å². The first-order valence-corrected chi connectivity index (χ1v) is 11.3. The zero-order chi connectivity index (χ0) is 22.6. The number of carbonyl (C=O) groups excluding carboxylic acids is 1. The van der Waals surface area contributed by atoms with Crippen molar-refractivity contribution in [2.24, 2.45) is 0 Å². The number of benzene rings is 3. The summed E-state index contributed by atoms with van der Waals surface area (Å²) in [7, 11) is 0. The highest BCUT2D eigenvalue weighted by atomic mass is 16.1. The highest BCUT2D eigenvalue weighted by Gasteiger charge is 2.10. The maximum atomic E-state index is 12.7. The topological polar surface area (TPSA) is 52.7 Å². The number of Topliss-reactive ketones (excluding diaryl/α,β-unsaturated/α-hetero) is 1. The van der Waals surface area contributed by atoms with Gasteiger partial charge < -0.3 is 4.57 Å². The summed E-state index contributed by atoms with van der Waals surface area (Å²) < 4.78 is 4.13. The Hall–Kier alpha value is -3.99. The van der Waals surface area contributed by atoms with Gasteiger partial charge in [-0.2, -0.15) is 0 Å². The number of carbonyl (C=O) groups is 1. The number of para-hydroxylation sites is 1. The first-order valence-electron chi connectivity index (χ1n) is 11.3. The average Bonchev–Trinajstić information content (AvgIpc) is 3.44. The third-order valence-corrected chi connectivity index (χ3v) is 6.03. The van der Waals surface area contributed by atoms with Crippen molar-refractivity contribution in [2.45, 2.75) is 32.9 Å². The van der Waals surface area contributed by atoms with Gasteiger partial charge in [-0.05, 0) is 36.4 Å². The number of hydrogen-bond donors (Lipinski definition) is 0. The van der Waals surface area contributed by atoms with E-state index in [4.69, 9.17) is 0 Å². The Morgan fingerprint density at radius 2 is 1.67 bits per heavy atom. The van der Waals surface area contributed by atoms with Crippen LogP contribution in [0, 0.1) is 6.92 Å². The van der Waals surface area contributed by atoms with Crippen LogP contribution in [0.5, 0.6) is 0 Å². The number of nitrogens with zero attached hydrogens (tertiary/aromatic N) is 4. The van der Waals surface area contributed by atoms with E-state index in [1.165, 1.54) is 22.2 Å². The molecule has 0 atom stereocenters. The molecule has 5 aromatic rings. The highest BCUT2D eigenvalue weighted by molar-refractivity contribution is 5.96. The summed E-state index contributed by atoms with van der Waals surface area (Å²) in [4.78, 5) is 12.7. The minimum atomic E-state index is 0.170. The molecule has 0 bridgehead atoms. The number of rotatable bonds is 8. The molecule has 0 unspecified atom stereocenters. The van der Waals surface area contributed by atoms with Crippen LogP contribution in [0.2, 0.25) is 0 Å². The van der Waals surface area contributed by atoms with Crippen LogP contribution in [0.3, 0.4) is 0 Å². The standard InChI is InChI=1S/C28H26N4O/c1-21-18-25-10-5-6-11-27(25)32(21)17-7-12-28(33)24-15-13-23(14-16-24)26-20-31(30-29-26)19-22-8-3-2-4-9-22/h2-6,8-11,13-16,18,20H,7,12,17,19H2,1H3. The minimum absolute atomic E-state index is 0.170. The molecule has 164 valence electrons. The molecule has 3 aromatic carbocycles. The smallest absolute Gasteiger partial charge is 0.162 e. The molecule has 0 fully saturated rings. The molecule has 0 aliphatic carbocycles. The summed E-state index contributed by atoms with van der Waals surface area (Å²) in [6, 6.07) is 28.5. The van der Waals surface area contributed by atoms with Crippen LogP contribution in [0.15, 0.2) is 91.1 Å². The van der Waals surface area contributed by atoms with E-state index in [1.807, 2.05) is 53.3 Å². The zero-order valence-electron chi connectivity index (χ0n) is 18.7. The quantitative estimate of drug-likeness (QED) is 0.285. The van der Waals surface area contributed by atoms with Gasteiger partial charge in [0.25, 0.3) is 0 Å². The molecule has 33 heavy (non-hydrogen) atoms. The fourth-order valence-electron chi connectivity index (χ4n) is 4.29. The zero-order valence-corrected chi connectivity index (χ0v) is 18.7. The van der Waals surface area contributed by atoms with E-state index in [-0.39, 0.29) is 5.78 Å². The van der Waals surface area contributed by atoms with Gasteiger partial charge in [-0.25, -0.2) is 4.68 Å². The van der Waals surface area contributed by atoms with Crippen molar-refractivity contribution in [1.82, 2.24) is 19.6 Å². The Balaban J connectivity index is 1.20. The molecule has 0 amide bonds. The summed E-state index contributed by atoms with van der Waals surface area (Å²) in [6.07, 6.45) is 3.28. The maximum absolute atomic E-state index is 12.7. The van der Waals surface area contributed by atoms with Gasteiger partial charge in [0.2, 0.25) is 0 Å². The number of aromatic nitrogens is 4. The molecule has 5 heteroatoms. The van der Waals surface area contributed by atoms with Crippen molar-refractivity contribution in [3.05, 3.63) is 108 Å². The second-order valence-electron chi connectivity index (χ2n) is 8.39. The normalized spacial score (nSPS) is 11.2. The lowest BCUT2D eigenvalue weighted by molar-refractivity contribution is 0.0978. The SMILES string of the molecule is Cc1cc2ccccc2n1CCCC(=O)c1ccc(-c2cn(Cc3ccccc3)nn2)cc1. The number of ketones is 1. The fourth-order valence-corrected chi connectivity index (χ4v) is 4.29. The highest BCUT2D eigenvalue weighted by Crippen LogP contribution is 2.21. The number of hydrogen-bond acceptors (Lipinski definition) is 3. The summed E-state index contributed by atoms with van der Waals surface area (Å²) in [6.45, 7) is 3.64. The Morgan fingerprint density at radius 3 is 2.48 bits per heavy atom. The molecule has 0 radical (unpaired) electrons. The van der Waals surface area contributed by atoms with E-state index in [1.54, 1.807) is 0 Å². The van der Waals surface area contributed by atoms with E-state index >= 15 is 0 Å². The van der Waals surface area contributed by atoms with Crippen molar-refractivity contribution in [1.29, 1.82) is 0 Å². The molecule has 5 nitrogen and oxygen atoms in total. The van der Waals surface area contributed by atoms with Gasteiger partial charge in [-0.15, -0.1) is 5.10 Å². The van der Waals surface area contributed by atoms with Crippen molar-refractivity contribution >= 4 is 16.7 Å². The molecule has 0 saturated carbocycles. The van der Waals surface area contributed by atoms with E-state index in [2.05, 4.69) is 64.3 Å². The molecule has 0 N–H and O–H groups in total. The lowest BCUT2D eigenvalue weighted by Crippen LogP contribution is -2.04. The predicted molar refractivity (Wildman–Crippen MR) is 131 cm³/mol. The Labute approximate surface area is 193 Å². The summed E-state index contributed by atoms with van der Waals surface area (Å²) >= 11 is 0. The van der Waals surface area contributed by atoms with Gasteiger partial charge in [0.15, 0.2) is 5.78 Å². The summed E-state index contributed by atoms with van der Waals surface area (Å²) in [5, 5.41) is 9.78. The fraction of sp³-hybridized carbons (Fsp3) is 0.179. The van der Waals surface area contributed by atoms with E-state index in [9.17, 15) is 4.79 Å². The van der Waals surface area contributed by atoms with Crippen LogP contribution < -0.4 is 0 Å². The van der Waals surface area contributed by atoms with Crippen molar-refractivity contribution < 1.29 is 4.79 Å². The molecule has 0 spiro atoms. The first-order chi connectivity index (χ1) is 16.2. The van der Waals surface area contributed by atoms with Gasteiger partial charge in [-0.1, -0.05) is 78.0 Å². The van der Waals surface area contributed by atoms with Crippen LogP contribution in [-0.4, -0.2) is 25.3 Å². The molecule has 0 aliphatic rings. The Kier molecular flexibility index (Phi) is 5.85. The Bertz CT molecular complexity index is 1380. The molecule has 5 rings (SSSR count). The van der Waals surface area contributed by atoms with Crippen molar-refractivity contribution in [3.63, 3.8) is 0 Å². The second kappa shape index (κ2) is 9.25. The monoisotopic (exact) mass is 434 g/mol. The van der Waals surface area contributed by atoms with Gasteiger partial charge in [0.1, 0.15) is 5.69 Å². The van der Waals surface area contributed by atoms with Crippen molar-refractivity contribution in [2.75, 3.05) is 0 Å². The maximum Gasteiger partial charge on any atom is 0.162 e. The third kappa shape index (κ3) is 4.62. The van der Waals surface area contributed by atoms with E-state index in [0.29, 0.717) is 13.0 Å². The van der Waals surface area contributed by atoms with Crippen molar-refractivity contribution in [3.8, 4) is 11.3 Å². The first kappa shape index (κ1) is 20.9. The third-order valence-electron chi connectivity index (χ3n) is 6.03. The van der Waals surface area contributed by atoms with Gasteiger partial charge in [0, 0.05) is 35.3 Å². The van der Waals surface area contributed by atoms with E-state index in [0.717, 1.165) is 29.8 Å². The largest absolute Gasteiger partial charge is 0.345 e. The van der Waals surface area contributed by atoms with Gasteiger partial charge in [0.05, 0.1) is 12.7 Å². The molecule has 2 heterocycles. The predicted octanol–water partition coefficient (Wildman–Crippen LogP) is 5.92. The van der Waals surface area contributed by atoms with Crippen LogP contribution in [0.4, 0.5) is 0 Å².